The Balaban J connectivity index is 1.78. The summed E-state index contributed by atoms with van der Waals surface area (Å²) in [6.45, 7) is 7.66. The van der Waals surface area contributed by atoms with Gasteiger partial charge in [0.25, 0.3) is 5.91 Å². The average molecular weight is 401 g/mol. The van der Waals surface area contributed by atoms with E-state index in [9.17, 15) is 14.0 Å². The summed E-state index contributed by atoms with van der Waals surface area (Å²) in [5.74, 6) is -1.24. The number of fused-ring (bicyclic) bond motifs is 1. The first kappa shape index (κ1) is 19.8. The minimum atomic E-state index is -0.908. The topological polar surface area (TPSA) is 73.2 Å². The highest BCUT2D eigenvalue weighted by molar-refractivity contribution is 7.20. The van der Waals surface area contributed by atoms with Gasteiger partial charge in [0.1, 0.15) is 15.5 Å². The molecule has 0 saturated heterocycles. The van der Waals surface area contributed by atoms with Crippen LogP contribution >= 0.6 is 11.3 Å². The van der Waals surface area contributed by atoms with Crippen LogP contribution in [-0.4, -0.2) is 34.3 Å². The molecule has 3 rings (SSSR count). The standard InChI is InChI=1S/C20H20FN3O3S/c1-4-9-22-18(25)13(3)27-20(26)17-10-16-12(2)23-24(19(16)28-17)11-14-5-7-15(21)8-6-14/h4-8,10,13H,1,9,11H2,2-3H3,(H,22,25)/t13-/m1/s1. The van der Waals surface area contributed by atoms with Gasteiger partial charge in [-0.25, -0.2) is 9.18 Å². The van der Waals surface area contributed by atoms with Crippen molar-refractivity contribution < 1.29 is 18.7 Å². The van der Waals surface area contributed by atoms with E-state index < -0.39 is 12.1 Å². The second-order valence-corrected chi connectivity index (χ2v) is 7.31. The van der Waals surface area contributed by atoms with Crippen LogP contribution in [0.2, 0.25) is 0 Å². The van der Waals surface area contributed by atoms with Crippen molar-refractivity contribution in [2.24, 2.45) is 0 Å². The van der Waals surface area contributed by atoms with Gasteiger partial charge in [0.05, 0.1) is 12.2 Å². The zero-order valence-electron chi connectivity index (χ0n) is 15.6. The maximum Gasteiger partial charge on any atom is 0.349 e. The van der Waals surface area contributed by atoms with Crippen LogP contribution in [0.25, 0.3) is 10.2 Å². The van der Waals surface area contributed by atoms with Gasteiger partial charge in [0, 0.05) is 11.9 Å². The zero-order chi connectivity index (χ0) is 20.3. The molecule has 1 atom stereocenters. The first-order chi connectivity index (χ1) is 13.4. The molecule has 1 amide bonds. The Hall–Kier alpha value is -3.00. The third kappa shape index (κ3) is 4.28. The SMILES string of the molecule is C=CCNC(=O)[C@@H](C)OC(=O)c1cc2c(C)nn(Cc3ccc(F)cc3)c2s1. The van der Waals surface area contributed by atoms with Crippen LogP contribution < -0.4 is 5.32 Å². The number of aryl methyl sites for hydroxylation is 1. The first-order valence-electron chi connectivity index (χ1n) is 8.70. The Kier molecular flexibility index (Phi) is 5.89. The Morgan fingerprint density at radius 1 is 1.39 bits per heavy atom. The van der Waals surface area contributed by atoms with Gasteiger partial charge >= 0.3 is 5.97 Å². The van der Waals surface area contributed by atoms with Gasteiger partial charge in [-0.3, -0.25) is 9.48 Å². The number of hydrogen-bond donors (Lipinski definition) is 1. The summed E-state index contributed by atoms with van der Waals surface area (Å²) in [5.41, 5.74) is 1.68. The normalized spacial score (nSPS) is 12.0. The second kappa shape index (κ2) is 8.35. The van der Waals surface area contributed by atoms with Gasteiger partial charge < -0.3 is 10.1 Å². The number of carbonyl (C=O) groups excluding carboxylic acids is 2. The molecule has 28 heavy (non-hydrogen) atoms. The molecule has 8 heteroatoms. The van der Waals surface area contributed by atoms with Gasteiger partial charge in [-0.1, -0.05) is 18.2 Å². The fourth-order valence-corrected chi connectivity index (χ4v) is 3.72. The maximum absolute atomic E-state index is 13.1. The molecular formula is C20H20FN3O3S. The number of ether oxygens (including phenoxy) is 1. The Morgan fingerprint density at radius 2 is 2.11 bits per heavy atom. The van der Waals surface area contributed by atoms with Crippen LogP contribution in [-0.2, 0) is 16.1 Å². The molecule has 0 aliphatic rings. The molecular weight excluding hydrogens is 381 g/mol. The number of esters is 1. The summed E-state index contributed by atoms with van der Waals surface area (Å²) in [6, 6.07) is 7.92. The minimum Gasteiger partial charge on any atom is -0.448 e. The lowest BCUT2D eigenvalue weighted by atomic mass is 10.2. The van der Waals surface area contributed by atoms with E-state index in [0.29, 0.717) is 18.0 Å². The summed E-state index contributed by atoms with van der Waals surface area (Å²) in [5, 5.41) is 7.94. The van der Waals surface area contributed by atoms with Gasteiger partial charge in [-0.15, -0.1) is 17.9 Å². The molecule has 146 valence electrons. The molecule has 0 radical (unpaired) electrons. The van der Waals surface area contributed by atoms with Crippen molar-refractivity contribution in [3.05, 3.63) is 64.9 Å². The fourth-order valence-electron chi connectivity index (χ4n) is 2.67. The number of thiophene rings is 1. The Labute approximate surface area is 165 Å². The lowest BCUT2D eigenvalue weighted by Crippen LogP contribution is -2.35. The van der Waals surface area contributed by atoms with Crippen LogP contribution in [0.4, 0.5) is 4.39 Å². The molecule has 0 aliphatic heterocycles. The van der Waals surface area contributed by atoms with Gasteiger partial charge in [0.2, 0.25) is 0 Å². The molecule has 1 N–H and O–H groups in total. The molecule has 3 aromatic rings. The third-order valence-electron chi connectivity index (χ3n) is 4.13. The van der Waals surface area contributed by atoms with Gasteiger partial charge in [-0.2, -0.15) is 5.10 Å². The van der Waals surface area contributed by atoms with E-state index in [1.54, 1.807) is 29.0 Å². The molecule has 2 heterocycles. The minimum absolute atomic E-state index is 0.294. The highest BCUT2D eigenvalue weighted by atomic mass is 32.1. The lowest BCUT2D eigenvalue weighted by molar-refractivity contribution is -0.128. The van der Waals surface area contributed by atoms with Crippen LogP contribution in [0.1, 0.15) is 27.9 Å². The van der Waals surface area contributed by atoms with Crippen molar-refractivity contribution in [2.45, 2.75) is 26.5 Å². The summed E-state index contributed by atoms with van der Waals surface area (Å²) < 4.78 is 20.1. The van der Waals surface area contributed by atoms with Gasteiger partial charge in [-0.05, 0) is 37.6 Å². The largest absolute Gasteiger partial charge is 0.448 e. The number of rotatable bonds is 7. The molecule has 0 unspecified atom stereocenters. The number of carbonyl (C=O) groups is 2. The van der Waals surface area contributed by atoms with Crippen LogP contribution in [0.15, 0.2) is 43.0 Å². The van der Waals surface area contributed by atoms with Crippen LogP contribution in [0.3, 0.4) is 0 Å². The van der Waals surface area contributed by atoms with E-state index in [0.717, 1.165) is 21.5 Å². The van der Waals surface area contributed by atoms with Crippen molar-refractivity contribution in [1.29, 1.82) is 0 Å². The number of benzene rings is 1. The monoisotopic (exact) mass is 401 g/mol. The van der Waals surface area contributed by atoms with E-state index in [4.69, 9.17) is 4.74 Å². The Morgan fingerprint density at radius 3 is 2.79 bits per heavy atom. The first-order valence-corrected chi connectivity index (χ1v) is 9.51. The zero-order valence-corrected chi connectivity index (χ0v) is 16.4. The van der Waals surface area contributed by atoms with E-state index in [2.05, 4.69) is 17.0 Å². The summed E-state index contributed by atoms with van der Waals surface area (Å²) >= 11 is 1.25. The molecule has 1 aromatic carbocycles. The van der Waals surface area contributed by atoms with Crippen molar-refractivity contribution in [3.63, 3.8) is 0 Å². The Bertz CT molecular complexity index is 1020. The van der Waals surface area contributed by atoms with E-state index >= 15 is 0 Å². The molecule has 0 aliphatic carbocycles. The van der Waals surface area contributed by atoms with Crippen LogP contribution in [0.5, 0.6) is 0 Å². The number of aromatic nitrogens is 2. The number of halogens is 1. The van der Waals surface area contributed by atoms with E-state index in [1.807, 2.05) is 6.92 Å². The number of hydrogen-bond acceptors (Lipinski definition) is 5. The predicted molar refractivity (Wildman–Crippen MR) is 106 cm³/mol. The summed E-state index contributed by atoms with van der Waals surface area (Å²) in [6.07, 6.45) is 0.642. The molecule has 0 bridgehead atoms. The third-order valence-corrected chi connectivity index (χ3v) is 5.26. The van der Waals surface area contributed by atoms with Crippen molar-refractivity contribution in [1.82, 2.24) is 15.1 Å². The maximum atomic E-state index is 13.1. The number of amides is 1. The molecule has 0 spiro atoms. The van der Waals surface area contributed by atoms with Crippen molar-refractivity contribution in [2.75, 3.05) is 6.54 Å². The summed E-state index contributed by atoms with van der Waals surface area (Å²) in [7, 11) is 0. The van der Waals surface area contributed by atoms with E-state index in [-0.39, 0.29) is 11.7 Å². The van der Waals surface area contributed by atoms with Gasteiger partial charge in [0.15, 0.2) is 6.10 Å². The van der Waals surface area contributed by atoms with E-state index in [1.165, 1.54) is 30.4 Å². The quantitative estimate of drug-likeness (QED) is 0.486. The van der Waals surface area contributed by atoms with Crippen molar-refractivity contribution >= 4 is 33.4 Å². The number of nitrogens with zero attached hydrogens (tertiary/aromatic N) is 2. The molecule has 0 fully saturated rings. The van der Waals surface area contributed by atoms with Crippen molar-refractivity contribution in [3.8, 4) is 0 Å². The summed E-state index contributed by atoms with van der Waals surface area (Å²) in [4.78, 5) is 25.5. The second-order valence-electron chi connectivity index (χ2n) is 6.28. The number of nitrogens with one attached hydrogen (secondary N) is 1. The van der Waals surface area contributed by atoms with Crippen LogP contribution in [0, 0.1) is 12.7 Å². The molecule has 6 nitrogen and oxygen atoms in total. The average Bonchev–Trinajstić information content (AvgIpc) is 3.23. The molecule has 2 aromatic heterocycles. The smallest absolute Gasteiger partial charge is 0.349 e. The fraction of sp³-hybridized carbons (Fsp3) is 0.250. The highest BCUT2D eigenvalue weighted by Crippen LogP contribution is 2.29. The highest BCUT2D eigenvalue weighted by Gasteiger charge is 2.22. The molecule has 0 saturated carbocycles. The lowest BCUT2D eigenvalue weighted by Gasteiger charge is -2.11. The predicted octanol–water partition coefficient (Wildman–Crippen LogP) is 3.44.